The third-order valence-corrected chi connectivity index (χ3v) is 3.16. The van der Waals surface area contributed by atoms with Gasteiger partial charge in [0, 0.05) is 18.5 Å². The minimum atomic E-state index is 0.103. The van der Waals surface area contributed by atoms with E-state index in [2.05, 4.69) is 36.5 Å². The fraction of sp³-hybridized carbons (Fsp3) is 0.500. The maximum Gasteiger partial charge on any atom is 0.0515 e. The Balaban J connectivity index is 2.13. The van der Waals surface area contributed by atoms with E-state index in [1.54, 1.807) is 0 Å². The van der Waals surface area contributed by atoms with Crippen molar-refractivity contribution in [1.29, 1.82) is 0 Å². The number of benzene rings is 1. The van der Waals surface area contributed by atoms with Crippen LogP contribution >= 0.6 is 0 Å². The zero-order chi connectivity index (χ0) is 10.0. The van der Waals surface area contributed by atoms with Gasteiger partial charge in [-0.2, -0.15) is 0 Å². The molecule has 14 heavy (non-hydrogen) atoms. The molecule has 2 nitrogen and oxygen atoms in total. The van der Waals surface area contributed by atoms with E-state index < -0.39 is 0 Å². The van der Waals surface area contributed by atoms with Crippen LogP contribution in [-0.4, -0.2) is 24.8 Å². The van der Waals surface area contributed by atoms with E-state index >= 15 is 0 Å². The molecule has 0 unspecified atom stereocenters. The quantitative estimate of drug-likeness (QED) is 0.750. The summed E-state index contributed by atoms with van der Waals surface area (Å²) >= 11 is 0. The maximum absolute atomic E-state index is 9.35. The summed E-state index contributed by atoms with van der Waals surface area (Å²) in [6.07, 6.45) is 0.989. The van der Waals surface area contributed by atoms with Gasteiger partial charge in [-0.25, -0.2) is 0 Å². The summed E-state index contributed by atoms with van der Waals surface area (Å²) in [6.45, 7) is 4.30. The lowest BCUT2D eigenvalue weighted by molar-refractivity contribution is 0.0686. The minimum absolute atomic E-state index is 0.103. The summed E-state index contributed by atoms with van der Waals surface area (Å²) in [4.78, 5) is 0. The molecule has 0 bridgehead atoms. The molecule has 1 aromatic carbocycles. The first kappa shape index (κ1) is 9.69. The van der Waals surface area contributed by atoms with E-state index in [0.29, 0.717) is 0 Å². The fourth-order valence-electron chi connectivity index (χ4n) is 1.98. The Morgan fingerprint density at radius 1 is 1.36 bits per heavy atom. The van der Waals surface area contributed by atoms with Crippen LogP contribution in [0.4, 0.5) is 0 Å². The van der Waals surface area contributed by atoms with E-state index in [0.717, 1.165) is 19.5 Å². The van der Waals surface area contributed by atoms with Gasteiger partial charge in [-0.3, -0.25) is 0 Å². The normalized spacial score (nSPS) is 19.0. The molecule has 1 heterocycles. The lowest BCUT2D eigenvalue weighted by atomic mass is 9.76. The van der Waals surface area contributed by atoms with Gasteiger partial charge >= 0.3 is 0 Å². The maximum atomic E-state index is 9.35. The van der Waals surface area contributed by atoms with Gasteiger partial charge in [0.15, 0.2) is 0 Å². The van der Waals surface area contributed by atoms with Gasteiger partial charge in [0.2, 0.25) is 0 Å². The summed E-state index contributed by atoms with van der Waals surface area (Å²) in [6, 6.07) is 8.42. The number of hydrogen-bond acceptors (Lipinski definition) is 2. The number of hydrogen-bond donors (Lipinski definition) is 2. The van der Waals surface area contributed by atoms with Crippen molar-refractivity contribution in [2.75, 3.05) is 19.7 Å². The first-order valence-corrected chi connectivity index (χ1v) is 5.12. The highest BCUT2D eigenvalue weighted by Crippen LogP contribution is 2.28. The second-order valence-corrected chi connectivity index (χ2v) is 4.36. The molecule has 1 aliphatic heterocycles. The van der Waals surface area contributed by atoms with E-state index in [1.165, 1.54) is 11.1 Å². The minimum Gasteiger partial charge on any atom is -0.396 e. The van der Waals surface area contributed by atoms with Crippen LogP contribution < -0.4 is 5.32 Å². The Hall–Kier alpha value is -0.860. The molecule has 1 saturated heterocycles. The van der Waals surface area contributed by atoms with Crippen LogP contribution in [0, 0.1) is 12.3 Å². The van der Waals surface area contributed by atoms with Gasteiger partial charge in [0.1, 0.15) is 0 Å². The molecule has 0 saturated carbocycles. The predicted octanol–water partition coefficient (Wildman–Crippen LogP) is 1.12. The van der Waals surface area contributed by atoms with Gasteiger partial charge in [0.25, 0.3) is 0 Å². The van der Waals surface area contributed by atoms with Crippen LogP contribution in [0.15, 0.2) is 24.3 Å². The third-order valence-electron chi connectivity index (χ3n) is 3.16. The summed E-state index contributed by atoms with van der Waals surface area (Å²) < 4.78 is 0. The number of aryl methyl sites for hydroxylation is 1. The average Bonchev–Trinajstić information content (AvgIpc) is 2.14. The van der Waals surface area contributed by atoms with Crippen molar-refractivity contribution in [3.63, 3.8) is 0 Å². The lowest BCUT2D eigenvalue weighted by Gasteiger charge is -2.41. The molecule has 0 spiro atoms. The predicted molar refractivity (Wildman–Crippen MR) is 57.3 cm³/mol. The highest BCUT2D eigenvalue weighted by atomic mass is 16.3. The van der Waals surface area contributed by atoms with Gasteiger partial charge in [-0.15, -0.1) is 0 Å². The molecule has 76 valence electrons. The van der Waals surface area contributed by atoms with Crippen LogP contribution in [0.2, 0.25) is 0 Å². The third kappa shape index (κ3) is 1.68. The molecule has 0 atom stereocenters. The number of aliphatic hydroxyl groups excluding tert-OH is 1. The van der Waals surface area contributed by atoms with Gasteiger partial charge in [-0.05, 0) is 24.5 Å². The van der Waals surface area contributed by atoms with Crippen LogP contribution in [0.5, 0.6) is 0 Å². The molecular weight excluding hydrogens is 174 g/mol. The summed E-state index contributed by atoms with van der Waals surface area (Å²) in [5.41, 5.74) is 2.79. The SMILES string of the molecule is Cc1ccccc1CC1(CO)CNC1. The van der Waals surface area contributed by atoms with Crippen LogP contribution in [-0.2, 0) is 6.42 Å². The summed E-state index contributed by atoms with van der Waals surface area (Å²) in [5, 5.41) is 12.6. The van der Waals surface area contributed by atoms with Crippen LogP contribution in [0.25, 0.3) is 0 Å². The van der Waals surface area contributed by atoms with Crippen molar-refractivity contribution >= 4 is 0 Å². The van der Waals surface area contributed by atoms with Gasteiger partial charge < -0.3 is 10.4 Å². The molecule has 2 rings (SSSR count). The lowest BCUT2D eigenvalue weighted by Crippen LogP contribution is -2.56. The monoisotopic (exact) mass is 191 g/mol. The van der Waals surface area contributed by atoms with Crippen LogP contribution in [0.1, 0.15) is 11.1 Å². The Morgan fingerprint density at radius 3 is 2.57 bits per heavy atom. The van der Waals surface area contributed by atoms with E-state index in [4.69, 9.17) is 0 Å². The largest absolute Gasteiger partial charge is 0.396 e. The Kier molecular flexibility index (Phi) is 2.57. The zero-order valence-corrected chi connectivity index (χ0v) is 8.59. The highest BCUT2D eigenvalue weighted by Gasteiger charge is 2.36. The Bertz CT molecular complexity index is 312. The molecule has 0 aliphatic carbocycles. The zero-order valence-electron chi connectivity index (χ0n) is 8.59. The van der Waals surface area contributed by atoms with Crippen molar-refractivity contribution in [3.05, 3.63) is 35.4 Å². The highest BCUT2D eigenvalue weighted by molar-refractivity contribution is 5.27. The fourth-order valence-corrected chi connectivity index (χ4v) is 1.98. The van der Waals surface area contributed by atoms with Crippen molar-refractivity contribution in [1.82, 2.24) is 5.32 Å². The Labute approximate surface area is 85.0 Å². The Morgan fingerprint density at radius 2 is 2.07 bits per heavy atom. The molecule has 2 N–H and O–H groups in total. The summed E-state index contributed by atoms with van der Waals surface area (Å²) in [7, 11) is 0. The number of aliphatic hydroxyl groups is 1. The molecule has 0 amide bonds. The second kappa shape index (κ2) is 3.71. The summed E-state index contributed by atoms with van der Waals surface area (Å²) in [5.74, 6) is 0. The standard InChI is InChI=1S/C12H17NO/c1-10-4-2-3-5-11(10)6-12(9-14)7-13-8-12/h2-5,13-14H,6-9H2,1H3. The van der Waals surface area contributed by atoms with Gasteiger partial charge in [-0.1, -0.05) is 24.3 Å². The molecule has 1 fully saturated rings. The molecule has 1 aliphatic rings. The molecule has 0 radical (unpaired) electrons. The molecule has 0 aromatic heterocycles. The molecular formula is C12H17NO. The van der Waals surface area contributed by atoms with Crippen molar-refractivity contribution in [2.45, 2.75) is 13.3 Å². The van der Waals surface area contributed by atoms with Crippen molar-refractivity contribution in [3.8, 4) is 0 Å². The average molecular weight is 191 g/mol. The number of rotatable bonds is 3. The van der Waals surface area contributed by atoms with Gasteiger partial charge in [0.05, 0.1) is 6.61 Å². The second-order valence-electron chi connectivity index (χ2n) is 4.36. The van der Waals surface area contributed by atoms with Crippen molar-refractivity contribution in [2.24, 2.45) is 5.41 Å². The number of nitrogens with one attached hydrogen (secondary N) is 1. The van der Waals surface area contributed by atoms with Crippen LogP contribution in [0.3, 0.4) is 0 Å². The van der Waals surface area contributed by atoms with Crippen molar-refractivity contribution < 1.29 is 5.11 Å². The van der Waals surface area contributed by atoms with E-state index in [9.17, 15) is 5.11 Å². The molecule has 2 heteroatoms. The molecule has 1 aromatic rings. The van der Waals surface area contributed by atoms with E-state index in [-0.39, 0.29) is 12.0 Å². The van der Waals surface area contributed by atoms with E-state index in [1.807, 2.05) is 0 Å². The smallest absolute Gasteiger partial charge is 0.0515 e. The first-order valence-electron chi connectivity index (χ1n) is 5.12. The first-order chi connectivity index (χ1) is 6.76. The topological polar surface area (TPSA) is 32.3 Å².